The van der Waals surface area contributed by atoms with Crippen molar-refractivity contribution >= 4 is 67.0 Å². The molecule has 2 saturated heterocycles. The van der Waals surface area contributed by atoms with Crippen LogP contribution < -0.4 is 16.7 Å². The Morgan fingerprint density at radius 1 is 1.10 bits per heavy atom. The molecule has 228 valence electrons. The predicted molar refractivity (Wildman–Crippen MR) is 162 cm³/mol. The van der Waals surface area contributed by atoms with Gasteiger partial charge in [-0.1, -0.05) is 0 Å². The number of nitrogens with zero attached hydrogens (tertiary/aromatic N) is 7. The predicted octanol–water partition coefficient (Wildman–Crippen LogP) is 3.66. The van der Waals surface area contributed by atoms with Gasteiger partial charge in [-0.2, -0.15) is 0 Å². The maximum absolute atomic E-state index is 12.2. The van der Waals surface area contributed by atoms with E-state index < -0.39 is 11.7 Å². The highest BCUT2D eigenvalue weighted by atomic mass is 79.9. The molecule has 15 nitrogen and oxygen atoms in total. The van der Waals surface area contributed by atoms with Crippen molar-refractivity contribution in [1.82, 2.24) is 39.3 Å². The van der Waals surface area contributed by atoms with Gasteiger partial charge in [-0.3, -0.25) is 9.55 Å². The molecule has 3 aromatic rings. The number of ether oxygens (including phenoxy) is 1. The number of nitrogens with one attached hydrogen (secondary N) is 2. The first-order valence-corrected chi connectivity index (χ1v) is 15.0. The first kappa shape index (κ1) is 31.5. The summed E-state index contributed by atoms with van der Waals surface area (Å²) in [7, 11) is 0. The molecular weight excluding hydrogens is 680 g/mol. The fraction of sp³-hybridized carbons (Fsp3) is 0.560. The number of aromatic amines is 1. The number of hydrogen-bond donors (Lipinski definition) is 4. The standard InChI is InChI=1S/C14H22BrN5O2.C11H12BrN5O3/c1-14(2,3)22-13(21)20-6-4-5-9(20)7-18-12-11(16)17-8-10(15)19-12;12-7-4-13-8-9(14-7)17(10(18)15-8)5-6-2-1-3-16(6)11(19)20/h8-9H,4-7H2,1-3H3,(H2,16,17)(H,18,19);4,6H,1-3,5H2,(H,19,20)(H,13,15,18). The topological polar surface area (TPSA) is 197 Å². The molecule has 5 N–H and O–H groups in total. The molecule has 2 amide bonds. The Kier molecular flexibility index (Phi) is 9.91. The minimum atomic E-state index is -0.951. The van der Waals surface area contributed by atoms with Crippen LogP contribution in [-0.4, -0.2) is 93.9 Å². The highest BCUT2D eigenvalue weighted by molar-refractivity contribution is 9.10. The smallest absolute Gasteiger partial charge is 0.410 e. The van der Waals surface area contributed by atoms with Gasteiger partial charge in [0.05, 0.1) is 24.5 Å². The first-order valence-electron chi connectivity index (χ1n) is 13.4. The largest absolute Gasteiger partial charge is 0.465 e. The molecule has 17 heteroatoms. The number of carbonyl (C=O) groups is 2. The lowest BCUT2D eigenvalue weighted by atomic mass is 10.2. The lowest BCUT2D eigenvalue weighted by Gasteiger charge is -2.28. The number of halogens is 2. The molecule has 2 fully saturated rings. The van der Waals surface area contributed by atoms with Crippen molar-refractivity contribution < 1.29 is 19.4 Å². The molecule has 2 aliphatic heterocycles. The van der Waals surface area contributed by atoms with Gasteiger partial charge < -0.3 is 30.7 Å². The molecule has 0 spiro atoms. The van der Waals surface area contributed by atoms with Crippen LogP contribution in [0.15, 0.2) is 26.4 Å². The van der Waals surface area contributed by atoms with Crippen molar-refractivity contribution in [2.24, 2.45) is 0 Å². The molecule has 3 aromatic heterocycles. The van der Waals surface area contributed by atoms with Crippen LogP contribution in [0.2, 0.25) is 0 Å². The van der Waals surface area contributed by atoms with E-state index in [0.717, 1.165) is 25.7 Å². The Labute approximate surface area is 258 Å². The quantitative estimate of drug-likeness (QED) is 0.301. The van der Waals surface area contributed by atoms with Gasteiger partial charge >= 0.3 is 17.9 Å². The number of carbonyl (C=O) groups excluding carboxylic acids is 1. The highest BCUT2D eigenvalue weighted by Gasteiger charge is 2.32. The summed E-state index contributed by atoms with van der Waals surface area (Å²) < 4.78 is 8.03. The number of nitrogen functional groups attached to an aromatic ring is 1. The molecule has 0 bridgehead atoms. The molecule has 0 radical (unpaired) electrons. The number of amides is 2. The van der Waals surface area contributed by atoms with Crippen LogP contribution in [0.25, 0.3) is 11.3 Å². The number of fused-ring (bicyclic) bond motifs is 1. The average Bonchev–Trinajstić information content (AvgIpc) is 3.64. The number of aromatic nitrogens is 6. The molecule has 2 unspecified atom stereocenters. The number of likely N-dealkylation sites (tertiary alicyclic amines) is 2. The third-order valence-electron chi connectivity index (χ3n) is 6.75. The number of anilines is 2. The van der Waals surface area contributed by atoms with Gasteiger partial charge in [-0.25, -0.2) is 34.3 Å². The average molecular weight is 714 g/mol. The van der Waals surface area contributed by atoms with E-state index in [2.05, 4.69) is 62.1 Å². The summed E-state index contributed by atoms with van der Waals surface area (Å²) in [4.78, 5) is 57.7. The molecule has 5 rings (SSSR count). The number of hydrogen-bond acceptors (Lipinski definition) is 10. The summed E-state index contributed by atoms with van der Waals surface area (Å²) in [6, 6.07) is -0.139. The zero-order valence-corrected chi connectivity index (χ0v) is 26.7. The van der Waals surface area contributed by atoms with Crippen molar-refractivity contribution in [3.8, 4) is 0 Å². The summed E-state index contributed by atoms with van der Waals surface area (Å²) in [5, 5.41) is 12.3. The summed E-state index contributed by atoms with van der Waals surface area (Å²) in [5.41, 5.74) is 5.81. The number of rotatable bonds is 5. The van der Waals surface area contributed by atoms with E-state index in [1.807, 2.05) is 20.8 Å². The van der Waals surface area contributed by atoms with Crippen LogP contribution in [0.1, 0.15) is 46.5 Å². The summed E-state index contributed by atoms with van der Waals surface area (Å²) in [6.07, 6.45) is 5.26. The third kappa shape index (κ3) is 7.87. The molecular formula is C25H34Br2N10O5. The SMILES string of the molecule is CC(C)(C)OC(=O)N1CCCC1CNc1nc(Br)cnc1N.O=C(O)N1CCCC1Cn1c(=O)[nH]c2ncc(Br)nc21. The van der Waals surface area contributed by atoms with Gasteiger partial charge in [0, 0.05) is 26.2 Å². The molecule has 0 aliphatic carbocycles. The number of nitrogens with two attached hydrogens (primary N) is 1. The molecule has 42 heavy (non-hydrogen) atoms. The van der Waals surface area contributed by atoms with E-state index in [9.17, 15) is 14.4 Å². The maximum Gasteiger partial charge on any atom is 0.410 e. The summed E-state index contributed by atoms with van der Waals surface area (Å²) in [5.74, 6) is 0.857. The second kappa shape index (κ2) is 13.2. The zero-order valence-electron chi connectivity index (χ0n) is 23.5. The van der Waals surface area contributed by atoms with E-state index in [1.165, 1.54) is 15.7 Å². The molecule has 5 heterocycles. The Hall–Kier alpha value is -3.47. The number of imidazole rings is 1. The zero-order chi connectivity index (χ0) is 30.6. The van der Waals surface area contributed by atoms with Crippen LogP contribution in [0.3, 0.4) is 0 Å². The lowest BCUT2D eigenvalue weighted by molar-refractivity contribution is 0.0235. The molecule has 0 saturated carbocycles. The highest BCUT2D eigenvalue weighted by Crippen LogP contribution is 2.23. The second-order valence-corrected chi connectivity index (χ2v) is 12.6. The van der Waals surface area contributed by atoms with Crippen LogP contribution in [-0.2, 0) is 11.3 Å². The maximum atomic E-state index is 12.2. The van der Waals surface area contributed by atoms with Gasteiger partial charge in [0.15, 0.2) is 22.9 Å². The first-order chi connectivity index (χ1) is 19.8. The van der Waals surface area contributed by atoms with E-state index >= 15 is 0 Å². The van der Waals surface area contributed by atoms with Gasteiger partial charge in [0.1, 0.15) is 14.8 Å². The van der Waals surface area contributed by atoms with Gasteiger partial charge in [0.25, 0.3) is 0 Å². The summed E-state index contributed by atoms with van der Waals surface area (Å²) >= 11 is 6.48. The second-order valence-electron chi connectivity index (χ2n) is 11.0. The third-order valence-corrected chi connectivity index (χ3v) is 7.51. The minimum Gasteiger partial charge on any atom is -0.465 e. The molecule has 0 aromatic carbocycles. The van der Waals surface area contributed by atoms with Crippen molar-refractivity contribution in [2.75, 3.05) is 30.7 Å². The van der Waals surface area contributed by atoms with Crippen molar-refractivity contribution in [3.05, 3.63) is 32.1 Å². The van der Waals surface area contributed by atoms with Crippen molar-refractivity contribution in [2.45, 2.75) is 70.7 Å². The number of carboxylic acid groups (broad SMARTS) is 1. The number of H-pyrrole nitrogens is 1. The normalized spacial score (nSPS) is 18.6. The Morgan fingerprint density at radius 2 is 1.74 bits per heavy atom. The Bertz CT molecular complexity index is 1490. The minimum absolute atomic E-state index is 0.0648. The van der Waals surface area contributed by atoms with Crippen LogP contribution >= 0.6 is 31.9 Å². The van der Waals surface area contributed by atoms with Gasteiger partial charge in [0.2, 0.25) is 0 Å². The van der Waals surface area contributed by atoms with Gasteiger partial charge in [-0.05, 0) is 78.3 Å². The van der Waals surface area contributed by atoms with Crippen LogP contribution in [0.4, 0.5) is 21.2 Å². The summed E-state index contributed by atoms with van der Waals surface area (Å²) in [6.45, 7) is 7.67. The fourth-order valence-electron chi connectivity index (χ4n) is 4.89. The van der Waals surface area contributed by atoms with Crippen molar-refractivity contribution in [3.63, 3.8) is 0 Å². The van der Waals surface area contributed by atoms with E-state index in [-0.39, 0.29) is 30.4 Å². The van der Waals surface area contributed by atoms with Crippen molar-refractivity contribution in [1.29, 1.82) is 0 Å². The fourth-order valence-corrected chi connectivity index (χ4v) is 5.44. The Morgan fingerprint density at radius 3 is 2.43 bits per heavy atom. The van der Waals surface area contributed by atoms with E-state index in [4.69, 9.17) is 15.6 Å². The van der Waals surface area contributed by atoms with Gasteiger partial charge in [-0.15, -0.1) is 0 Å². The molecule has 2 aliphatic rings. The van der Waals surface area contributed by atoms with E-state index in [0.29, 0.717) is 51.8 Å². The van der Waals surface area contributed by atoms with Crippen LogP contribution in [0, 0.1) is 0 Å². The monoisotopic (exact) mass is 712 g/mol. The van der Waals surface area contributed by atoms with E-state index in [1.54, 1.807) is 11.1 Å². The lowest BCUT2D eigenvalue weighted by Crippen LogP contribution is -2.42. The van der Waals surface area contributed by atoms with Crippen LogP contribution in [0.5, 0.6) is 0 Å². The molecule has 2 atom stereocenters. The Balaban J connectivity index is 0.000000193.